The van der Waals surface area contributed by atoms with Crippen molar-refractivity contribution in [1.29, 1.82) is 0 Å². The summed E-state index contributed by atoms with van der Waals surface area (Å²) >= 11 is 0. The Labute approximate surface area is 137 Å². The number of fused-ring (bicyclic) bond motifs is 1. The first-order chi connectivity index (χ1) is 10.8. The van der Waals surface area contributed by atoms with Crippen LogP contribution in [0.3, 0.4) is 0 Å². The molecule has 126 valence electrons. The molecule has 0 unspecified atom stereocenters. The predicted octanol–water partition coefficient (Wildman–Crippen LogP) is 1.57. The molecule has 3 aliphatic rings. The van der Waals surface area contributed by atoms with Gasteiger partial charge in [0.15, 0.2) is 0 Å². The first-order valence-corrected chi connectivity index (χ1v) is 9.69. The third-order valence-corrected chi connectivity index (χ3v) is 6.04. The number of carbonyl (C=O) groups excluding carboxylic acids is 1. The van der Waals surface area contributed by atoms with E-state index in [0.717, 1.165) is 31.6 Å². The topological polar surface area (TPSA) is 78.8 Å². The van der Waals surface area contributed by atoms with E-state index in [-0.39, 0.29) is 17.2 Å². The van der Waals surface area contributed by atoms with Crippen LogP contribution in [0.4, 0.5) is 0 Å². The van der Waals surface area contributed by atoms with Crippen molar-refractivity contribution >= 4 is 21.8 Å². The molecule has 1 aliphatic carbocycles. The minimum absolute atomic E-state index is 0.0225. The van der Waals surface area contributed by atoms with E-state index in [0.29, 0.717) is 18.0 Å². The summed E-state index contributed by atoms with van der Waals surface area (Å²) < 4.78 is 26.7. The fourth-order valence-corrected chi connectivity index (χ4v) is 4.18. The van der Waals surface area contributed by atoms with Crippen LogP contribution in [-0.2, 0) is 14.8 Å². The van der Waals surface area contributed by atoms with Crippen LogP contribution >= 0.6 is 0 Å². The molecule has 0 aromatic heterocycles. The van der Waals surface area contributed by atoms with Gasteiger partial charge in [0, 0.05) is 18.3 Å². The first-order valence-electron chi connectivity index (χ1n) is 8.08. The van der Waals surface area contributed by atoms with Crippen molar-refractivity contribution < 1.29 is 13.2 Å². The number of hydrogen-bond donors (Lipinski definition) is 1. The minimum atomic E-state index is -3.36. The molecular formula is C16H23N3O3S. The van der Waals surface area contributed by atoms with E-state index in [1.165, 1.54) is 0 Å². The molecule has 6 nitrogen and oxygen atoms in total. The van der Waals surface area contributed by atoms with Gasteiger partial charge in [0.25, 0.3) is 15.9 Å². The largest absolute Gasteiger partial charge is 0.347 e. The second-order valence-corrected chi connectivity index (χ2v) is 8.80. The Morgan fingerprint density at radius 2 is 2.04 bits per heavy atom. The van der Waals surface area contributed by atoms with Gasteiger partial charge < -0.3 is 10.2 Å². The Bertz CT molecular complexity index is 698. The second kappa shape index (κ2) is 5.78. The van der Waals surface area contributed by atoms with Crippen molar-refractivity contribution in [3.05, 3.63) is 23.9 Å². The standard InChI is InChI=1S/C16H23N3O3S/c1-12-5-7-16(2,8-6-12)17-15(20)13-3-4-14-18-23(21,22)10-9-19(14)11-13/h3-4,11-12H,5-10H2,1-2H3,(H,17,20). The number of rotatable bonds is 2. The van der Waals surface area contributed by atoms with Crippen LogP contribution in [0.5, 0.6) is 0 Å². The zero-order valence-electron chi connectivity index (χ0n) is 13.6. The summed E-state index contributed by atoms with van der Waals surface area (Å²) in [6.45, 7) is 4.68. The van der Waals surface area contributed by atoms with Gasteiger partial charge in [0.2, 0.25) is 0 Å². The lowest BCUT2D eigenvalue weighted by atomic mass is 9.78. The van der Waals surface area contributed by atoms with E-state index in [2.05, 4.69) is 23.6 Å². The monoisotopic (exact) mass is 337 g/mol. The lowest BCUT2D eigenvalue weighted by Crippen LogP contribution is -2.49. The lowest BCUT2D eigenvalue weighted by molar-refractivity contribution is -0.119. The highest BCUT2D eigenvalue weighted by Crippen LogP contribution is 2.31. The molecule has 0 radical (unpaired) electrons. The van der Waals surface area contributed by atoms with Gasteiger partial charge in [0.1, 0.15) is 5.84 Å². The Morgan fingerprint density at radius 3 is 2.74 bits per heavy atom. The molecule has 2 aliphatic heterocycles. The average Bonchev–Trinajstić information content (AvgIpc) is 2.49. The van der Waals surface area contributed by atoms with E-state index in [1.54, 1.807) is 23.3 Å². The van der Waals surface area contributed by atoms with Gasteiger partial charge >= 0.3 is 0 Å². The summed E-state index contributed by atoms with van der Waals surface area (Å²) in [5, 5.41) is 3.15. The van der Waals surface area contributed by atoms with Crippen LogP contribution in [0.15, 0.2) is 28.3 Å². The van der Waals surface area contributed by atoms with Gasteiger partial charge in [-0.05, 0) is 50.7 Å². The third-order valence-electron chi connectivity index (χ3n) is 4.88. The van der Waals surface area contributed by atoms with Crippen LogP contribution in [0.25, 0.3) is 0 Å². The van der Waals surface area contributed by atoms with Gasteiger partial charge in [0.05, 0.1) is 11.3 Å². The molecule has 1 N–H and O–H groups in total. The van der Waals surface area contributed by atoms with Gasteiger partial charge in [-0.3, -0.25) is 4.79 Å². The van der Waals surface area contributed by atoms with Crippen molar-refractivity contribution in [2.75, 3.05) is 12.3 Å². The molecule has 0 aromatic rings. The molecular weight excluding hydrogens is 314 g/mol. The van der Waals surface area contributed by atoms with Crippen molar-refractivity contribution in [2.45, 2.75) is 45.1 Å². The summed E-state index contributed by atoms with van der Waals surface area (Å²) in [5.41, 5.74) is 0.390. The molecule has 7 heteroatoms. The van der Waals surface area contributed by atoms with E-state index in [1.807, 2.05) is 0 Å². The molecule has 0 aromatic carbocycles. The van der Waals surface area contributed by atoms with E-state index < -0.39 is 10.0 Å². The molecule has 2 heterocycles. The summed E-state index contributed by atoms with van der Waals surface area (Å²) in [6, 6.07) is 0. The maximum atomic E-state index is 12.5. The molecule has 1 saturated carbocycles. The molecule has 0 bridgehead atoms. The fourth-order valence-electron chi connectivity index (χ4n) is 3.21. The van der Waals surface area contributed by atoms with E-state index in [4.69, 9.17) is 0 Å². The predicted molar refractivity (Wildman–Crippen MR) is 89.3 cm³/mol. The Morgan fingerprint density at radius 1 is 1.35 bits per heavy atom. The molecule has 23 heavy (non-hydrogen) atoms. The van der Waals surface area contributed by atoms with Gasteiger partial charge in [-0.25, -0.2) is 8.42 Å². The normalized spacial score (nSPS) is 32.6. The minimum Gasteiger partial charge on any atom is -0.347 e. The van der Waals surface area contributed by atoms with Crippen LogP contribution < -0.4 is 5.32 Å². The van der Waals surface area contributed by atoms with Crippen molar-refractivity contribution in [2.24, 2.45) is 10.3 Å². The van der Waals surface area contributed by atoms with E-state index >= 15 is 0 Å². The zero-order valence-corrected chi connectivity index (χ0v) is 14.4. The van der Waals surface area contributed by atoms with Crippen LogP contribution in [0.2, 0.25) is 0 Å². The van der Waals surface area contributed by atoms with Gasteiger partial charge in [-0.2, -0.15) is 0 Å². The second-order valence-electron chi connectivity index (χ2n) is 7.04. The number of amidine groups is 1. The van der Waals surface area contributed by atoms with Gasteiger partial charge in [-0.15, -0.1) is 4.40 Å². The molecule has 0 saturated heterocycles. The number of nitrogens with one attached hydrogen (secondary N) is 1. The van der Waals surface area contributed by atoms with Crippen molar-refractivity contribution in [3.63, 3.8) is 0 Å². The van der Waals surface area contributed by atoms with Crippen LogP contribution in [0.1, 0.15) is 39.5 Å². The first kappa shape index (κ1) is 16.2. The number of carbonyl (C=O) groups is 1. The summed E-state index contributed by atoms with van der Waals surface area (Å²) in [7, 11) is -3.36. The zero-order chi connectivity index (χ0) is 16.7. The van der Waals surface area contributed by atoms with E-state index in [9.17, 15) is 13.2 Å². The van der Waals surface area contributed by atoms with Crippen molar-refractivity contribution in [1.82, 2.24) is 10.2 Å². The maximum Gasteiger partial charge on any atom is 0.256 e. The summed E-state index contributed by atoms with van der Waals surface area (Å²) in [4.78, 5) is 14.3. The smallest absolute Gasteiger partial charge is 0.256 e. The number of nitrogens with zero attached hydrogens (tertiary/aromatic N) is 2. The molecule has 1 fully saturated rings. The Kier molecular flexibility index (Phi) is 4.08. The fraction of sp³-hybridized carbons (Fsp3) is 0.625. The average molecular weight is 337 g/mol. The van der Waals surface area contributed by atoms with Crippen LogP contribution in [0, 0.1) is 5.92 Å². The van der Waals surface area contributed by atoms with Gasteiger partial charge in [-0.1, -0.05) is 6.92 Å². The quantitative estimate of drug-likeness (QED) is 0.829. The molecule has 0 atom stereocenters. The number of sulfonamides is 1. The maximum absolute atomic E-state index is 12.5. The molecule has 1 amide bonds. The lowest BCUT2D eigenvalue weighted by Gasteiger charge is -2.37. The SMILES string of the molecule is CC1CCC(C)(NC(=O)C2=CN3CCS(=O)(=O)N=C3C=C2)CC1. The number of amides is 1. The summed E-state index contributed by atoms with van der Waals surface area (Å²) in [6.07, 6.45) is 9.17. The Balaban J connectivity index is 1.70. The van der Waals surface area contributed by atoms with Crippen molar-refractivity contribution in [3.8, 4) is 0 Å². The summed E-state index contributed by atoms with van der Waals surface area (Å²) in [5.74, 6) is 0.977. The highest BCUT2D eigenvalue weighted by Gasteiger charge is 2.32. The third kappa shape index (κ3) is 3.65. The highest BCUT2D eigenvalue weighted by atomic mass is 32.2. The Hall–Kier alpha value is -1.63. The van der Waals surface area contributed by atoms with Crippen LogP contribution in [-0.4, -0.2) is 42.9 Å². The molecule has 0 spiro atoms. The molecule has 3 rings (SSSR count). The number of hydrogen-bond acceptors (Lipinski definition) is 4. The highest BCUT2D eigenvalue weighted by molar-refractivity contribution is 7.90.